The number of hydrogen-bond acceptors (Lipinski definition) is 3. The molecule has 3 nitrogen and oxygen atoms in total. The quantitative estimate of drug-likeness (QED) is 0.761. The molecule has 0 amide bonds. The van der Waals surface area contributed by atoms with E-state index in [0.717, 1.165) is 0 Å². The lowest BCUT2D eigenvalue weighted by Gasteiger charge is -2.09. The van der Waals surface area contributed by atoms with Crippen LogP contribution in [-0.2, 0) is 0 Å². The number of halogens is 3. The molecule has 6 heteroatoms. The third-order valence-corrected chi connectivity index (χ3v) is 1.53. The van der Waals surface area contributed by atoms with Gasteiger partial charge in [0, 0.05) is 11.8 Å². The zero-order chi connectivity index (χ0) is 11.5. The number of pyridine rings is 1. The molecule has 1 aromatic heterocycles. The lowest BCUT2D eigenvalue weighted by atomic mass is 10.2. The highest BCUT2D eigenvalue weighted by atomic mass is 19.4. The van der Waals surface area contributed by atoms with Crippen LogP contribution in [0.2, 0.25) is 0 Å². The van der Waals surface area contributed by atoms with E-state index in [1.165, 1.54) is 19.2 Å². The number of aromatic nitrogens is 1. The molecule has 1 heterocycles. The van der Waals surface area contributed by atoms with Gasteiger partial charge in [0.2, 0.25) is 5.88 Å². The number of aryl methyl sites for hydroxylation is 1. The molecular formula is C9H7F3N2O. The SMILES string of the molecule is Cc1cc(C#N)cnc1OCC(F)(F)F. The number of hydrogen-bond donors (Lipinski definition) is 0. The van der Waals surface area contributed by atoms with Gasteiger partial charge in [0.05, 0.1) is 5.56 Å². The average molecular weight is 216 g/mol. The molecule has 1 aromatic rings. The first-order valence-corrected chi connectivity index (χ1v) is 3.98. The lowest BCUT2D eigenvalue weighted by Crippen LogP contribution is -2.20. The number of alkyl halides is 3. The molecule has 0 aliphatic rings. The summed E-state index contributed by atoms with van der Waals surface area (Å²) in [6.07, 6.45) is -3.22. The first-order chi connectivity index (χ1) is 6.92. The minimum absolute atomic E-state index is 0.105. The molecule has 0 unspecified atom stereocenters. The van der Waals surface area contributed by atoms with E-state index in [0.29, 0.717) is 5.56 Å². The van der Waals surface area contributed by atoms with Gasteiger partial charge >= 0.3 is 6.18 Å². The van der Waals surface area contributed by atoms with Gasteiger partial charge in [-0.15, -0.1) is 0 Å². The largest absolute Gasteiger partial charge is 0.468 e. The fraction of sp³-hybridized carbons (Fsp3) is 0.333. The van der Waals surface area contributed by atoms with Gasteiger partial charge in [-0.3, -0.25) is 0 Å². The maximum atomic E-state index is 11.8. The van der Waals surface area contributed by atoms with Crippen LogP contribution in [0.15, 0.2) is 12.3 Å². The minimum Gasteiger partial charge on any atom is -0.468 e. The molecule has 0 saturated heterocycles. The van der Waals surface area contributed by atoms with Gasteiger partial charge in [0.1, 0.15) is 6.07 Å². The maximum absolute atomic E-state index is 11.8. The summed E-state index contributed by atoms with van der Waals surface area (Å²) in [6.45, 7) is 0.145. The van der Waals surface area contributed by atoms with Crippen molar-refractivity contribution in [1.82, 2.24) is 4.98 Å². The van der Waals surface area contributed by atoms with Crippen LogP contribution >= 0.6 is 0 Å². The van der Waals surface area contributed by atoms with Gasteiger partial charge in [-0.1, -0.05) is 0 Å². The van der Waals surface area contributed by atoms with Crippen LogP contribution < -0.4 is 4.74 Å². The van der Waals surface area contributed by atoms with Crippen LogP contribution in [0.1, 0.15) is 11.1 Å². The molecule has 0 spiro atoms. The summed E-state index contributed by atoms with van der Waals surface area (Å²) in [6, 6.07) is 3.24. The molecule has 0 atom stereocenters. The van der Waals surface area contributed by atoms with E-state index in [1.54, 1.807) is 0 Å². The Labute approximate surface area is 84.1 Å². The summed E-state index contributed by atoms with van der Waals surface area (Å²) in [5, 5.41) is 8.50. The van der Waals surface area contributed by atoms with Crippen molar-refractivity contribution in [2.75, 3.05) is 6.61 Å². The van der Waals surface area contributed by atoms with Crippen molar-refractivity contribution in [3.05, 3.63) is 23.4 Å². The lowest BCUT2D eigenvalue weighted by molar-refractivity contribution is -0.154. The second kappa shape index (κ2) is 4.17. The Kier molecular flexibility index (Phi) is 3.14. The number of ether oxygens (including phenoxy) is 1. The van der Waals surface area contributed by atoms with Crippen LogP contribution in [0.3, 0.4) is 0 Å². The molecule has 0 aromatic carbocycles. The van der Waals surface area contributed by atoms with Gasteiger partial charge in [-0.25, -0.2) is 4.98 Å². The van der Waals surface area contributed by atoms with Crippen molar-refractivity contribution in [2.45, 2.75) is 13.1 Å². The molecule has 80 valence electrons. The monoisotopic (exact) mass is 216 g/mol. The molecule has 0 fully saturated rings. The molecule has 0 radical (unpaired) electrons. The van der Waals surface area contributed by atoms with E-state index in [4.69, 9.17) is 5.26 Å². The smallest absolute Gasteiger partial charge is 0.422 e. The van der Waals surface area contributed by atoms with Crippen molar-refractivity contribution in [1.29, 1.82) is 5.26 Å². The van der Waals surface area contributed by atoms with E-state index >= 15 is 0 Å². The van der Waals surface area contributed by atoms with E-state index in [1.807, 2.05) is 6.07 Å². The summed E-state index contributed by atoms with van der Waals surface area (Å²) in [4.78, 5) is 3.61. The van der Waals surface area contributed by atoms with Crippen LogP contribution in [0.25, 0.3) is 0 Å². The summed E-state index contributed by atoms with van der Waals surface area (Å²) < 4.78 is 39.9. The Morgan fingerprint density at radius 3 is 2.67 bits per heavy atom. The Hall–Kier alpha value is -1.77. The van der Waals surface area contributed by atoms with Gasteiger partial charge in [0.15, 0.2) is 6.61 Å². The first kappa shape index (κ1) is 11.3. The van der Waals surface area contributed by atoms with Gasteiger partial charge in [-0.2, -0.15) is 18.4 Å². The first-order valence-electron chi connectivity index (χ1n) is 3.98. The average Bonchev–Trinajstić information content (AvgIpc) is 2.14. The van der Waals surface area contributed by atoms with E-state index in [-0.39, 0.29) is 11.4 Å². The highest BCUT2D eigenvalue weighted by Gasteiger charge is 2.28. The summed E-state index contributed by atoms with van der Waals surface area (Å²) in [5.74, 6) is -0.105. The molecule has 0 saturated carbocycles. The Morgan fingerprint density at radius 1 is 1.53 bits per heavy atom. The van der Waals surface area contributed by atoms with Crippen LogP contribution in [-0.4, -0.2) is 17.8 Å². The van der Waals surface area contributed by atoms with Gasteiger partial charge < -0.3 is 4.74 Å². The summed E-state index contributed by atoms with van der Waals surface area (Å²) in [7, 11) is 0. The highest BCUT2D eigenvalue weighted by Crippen LogP contribution is 2.19. The molecule has 15 heavy (non-hydrogen) atoms. The predicted molar refractivity (Wildman–Crippen MR) is 45.2 cm³/mol. The van der Waals surface area contributed by atoms with E-state index < -0.39 is 12.8 Å². The Bertz CT molecular complexity index is 395. The molecule has 0 N–H and O–H groups in total. The molecule has 0 aliphatic carbocycles. The fourth-order valence-corrected chi connectivity index (χ4v) is 0.925. The van der Waals surface area contributed by atoms with Crippen molar-refractivity contribution in [3.8, 4) is 11.9 Å². The second-order valence-corrected chi connectivity index (χ2v) is 2.86. The molecule has 1 rings (SSSR count). The minimum atomic E-state index is -4.39. The van der Waals surface area contributed by atoms with Crippen molar-refractivity contribution >= 4 is 0 Å². The van der Waals surface area contributed by atoms with E-state index in [2.05, 4.69) is 9.72 Å². The van der Waals surface area contributed by atoms with Crippen molar-refractivity contribution in [2.24, 2.45) is 0 Å². The van der Waals surface area contributed by atoms with Gasteiger partial charge in [-0.05, 0) is 13.0 Å². The molecule has 0 bridgehead atoms. The fourth-order valence-electron chi connectivity index (χ4n) is 0.925. The second-order valence-electron chi connectivity index (χ2n) is 2.86. The number of nitriles is 1. The number of rotatable bonds is 2. The maximum Gasteiger partial charge on any atom is 0.422 e. The van der Waals surface area contributed by atoms with E-state index in [9.17, 15) is 13.2 Å². The molecule has 0 aliphatic heterocycles. The summed E-state index contributed by atoms with van der Waals surface area (Å²) >= 11 is 0. The van der Waals surface area contributed by atoms with Crippen LogP contribution in [0.4, 0.5) is 13.2 Å². The Morgan fingerprint density at radius 2 is 2.20 bits per heavy atom. The van der Waals surface area contributed by atoms with Crippen LogP contribution in [0.5, 0.6) is 5.88 Å². The third-order valence-electron chi connectivity index (χ3n) is 1.53. The third kappa shape index (κ3) is 3.46. The zero-order valence-electron chi connectivity index (χ0n) is 7.80. The van der Waals surface area contributed by atoms with Crippen molar-refractivity contribution < 1.29 is 17.9 Å². The normalized spacial score (nSPS) is 10.9. The zero-order valence-corrected chi connectivity index (χ0v) is 7.80. The Balaban J connectivity index is 2.76. The summed E-state index contributed by atoms with van der Waals surface area (Å²) in [5.41, 5.74) is 0.685. The topological polar surface area (TPSA) is 45.9 Å². The molecular weight excluding hydrogens is 209 g/mol. The standard InChI is InChI=1S/C9H7F3N2O/c1-6-2-7(3-13)4-14-8(6)15-5-9(10,11)12/h2,4H,5H2,1H3. The van der Waals surface area contributed by atoms with Crippen molar-refractivity contribution in [3.63, 3.8) is 0 Å². The number of nitrogens with zero attached hydrogens (tertiary/aromatic N) is 2. The van der Waals surface area contributed by atoms with Gasteiger partial charge in [0.25, 0.3) is 0 Å². The highest BCUT2D eigenvalue weighted by molar-refractivity contribution is 5.34. The van der Waals surface area contributed by atoms with Crippen LogP contribution in [0, 0.1) is 18.3 Å². The predicted octanol–water partition coefficient (Wildman–Crippen LogP) is 2.20.